The number of hydrogen-bond acceptors (Lipinski definition) is 4. The Morgan fingerprint density at radius 1 is 0.750 bits per heavy atom. The van der Waals surface area contributed by atoms with Crippen molar-refractivity contribution >= 4 is 11.3 Å². The van der Waals surface area contributed by atoms with Crippen molar-refractivity contribution in [2.45, 2.75) is 19.8 Å². The molecule has 164 valence electrons. The maximum atomic E-state index is 5.34. The maximum Gasteiger partial charge on any atom is 0.118 e. The second-order valence-electron chi connectivity index (χ2n) is 7.96. The molecule has 0 aromatic heterocycles. The molecular weight excluding hydrogens is 396 g/mol. The van der Waals surface area contributed by atoms with E-state index in [-0.39, 0.29) is 0 Å². The van der Waals surface area contributed by atoms with Gasteiger partial charge < -0.3 is 9.47 Å². The number of ether oxygens (including phenoxy) is 2. The van der Waals surface area contributed by atoms with Crippen molar-refractivity contribution in [2.75, 3.05) is 20.8 Å². The van der Waals surface area contributed by atoms with Crippen molar-refractivity contribution in [1.82, 2.24) is 10.4 Å². The lowest BCUT2D eigenvalue weighted by molar-refractivity contribution is 0.317. The predicted molar refractivity (Wildman–Crippen MR) is 131 cm³/mol. The highest BCUT2D eigenvalue weighted by molar-refractivity contribution is 5.95. The molecule has 0 unspecified atom stereocenters. The molecule has 0 spiro atoms. The highest BCUT2D eigenvalue weighted by atomic mass is 16.5. The fourth-order valence-electron chi connectivity index (χ4n) is 3.82. The van der Waals surface area contributed by atoms with Gasteiger partial charge in [-0.15, -0.1) is 0 Å². The van der Waals surface area contributed by atoms with Crippen molar-refractivity contribution in [3.05, 3.63) is 107 Å². The third-order valence-electron chi connectivity index (χ3n) is 5.71. The van der Waals surface area contributed by atoms with Gasteiger partial charge in [0, 0.05) is 23.9 Å². The van der Waals surface area contributed by atoms with Crippen LogP contribution >= 0.6 is 0 Å². The van der Waals surface area contributed by atoms with Gasteiger partial charge >= 0.3 is 0 Å². The summed E-state index contributed by atoms with van der Waals surface area (Å²) in [6.45, 7) is 3.04. The molecule has 3 aromatic carbocycles. The number of rotatable bonds is 8. The topological polar surface area (TPSA) is 33.7 Å². The van der Waals surface area contributed by atoms with Crippen molar-refractivity contribution in [3.63, 3.8) is 0 Å². The lowest BCUT2D eigenvalue weighted by Crippen LogP contribution is -2.35. The molecule has 4 rings (SSSR count). The third-order valence-corrected chi connectivity index (χ3v) is 5.71. The summed E-state index contributed by atoms with van der Waals surface area (Å²) in [4.78, 5) is 0. The summed E-state index contributed by atoms with van der Waals surface area (Å²) in [6.07, 6.45) is 6.43. The van der Waals surface area contributed by atoms with Crippen molar-refractivity contribution in [1.29, 1.82) is 0 Å². The first-order valence-electron chi connectivity index (χ1n) is 11.0. The average molecular weight is 427 g/mol. The first kappa shape index (κ1) is 21.6. The van der Waals surface area contributed by atoms with E-state index in [4.69, 9.17) is 9.47 Å². The summed E-state index contributed by atoms with van der Waals surface area (Å²) in [5.41, 5.74) is 10.8. The van der Waals surface area contributed by atoms with E-state index in [0.717, 1.165) is 53.3 Å². The highest BCUT2D eigenvalue weighted by Gasteiger charge is 2.16. The Morgan fingerprint density at radius 3 is 1.94 bits per heavy atom. The van der Waals surface area contributed by atoms with Crippen LogP contribution in [-0.2, 0) is 6.42 Å². The van der Waals surface area contributed by atoms with E-state index >= 15 is 0 Å². The number of hydrogen-bond donors (Lipinski definition) is 1. The smallest absolute Gasteiger partial charge is 0.118 e. The fourth-order valence-corrected chi connectivity index (χ4v) is 3.82. The summed E-state index contributed by atoms with van der Waals surface area (Å²) in [5.74, 6) is 1.70. The van der Waals surface area contributed by atoms with E-state index in [1.54, 1.807) is 14.2 Å². The Bertz CT molecular complexity index is 1080. The molecule has 32 heavy (non-hydrogen) atoms. The molecule has 4 nitrogen and oxygen atoms in total. The Balaban J connectivity index is 1.53. The molecule has 3 aromatic rings. The lowest BCUT2D eigenvalue weighted by Gasteiger charge is -2.30. The number of benzene rings is 3. The Kier molecular flexibility index (Phi) is 6.81. The maximum absolute atomic E-state index is 5.34. The molecule has 0 saturated carbocycles. The van der Waals surface area contributed by atoms with E-state index in [1.807, 2.05) is 24.3 Å². The van der Waals surface area contributed by atoms with Crippen molar-refractivity contribution in [2.24, 2.45) is 0 Å². The number of hydrazine groups is 1. The minimum absolute atomic E-state index is 0.849. The Labute approximate surface area is 190 Å². The molecule has 0 aliphatic carbocycles. The van der Waals surface area contributed by atoms with Crippen LogP contribution in [0.3, 0.4) is 0 Å². The van der Waals surface area contributed by atoms with Crippen molar-refractivity contribution < 1.29 is 9.47 Å². The molecule has 0 fully saturated rings. The molecule has 0 bridgehead atoms. The summed E-state index contributed by atoms with van der Waals surface area (Å²) < 4.78 is 10.7. The molecule has 1 aliphatic heterocycles. The van der Waals surface area contributed by atoms with Crippen LogP contribution < -0.4 is 14.9 Å². The number of aryl methyl sites for hydroxylation is 2. The molecule has 1 heterocycles. The molecule has 4 heteroatoms. The molecular formula is C28H30N2O2. The van der Waals surface area contributed by atoms with Crippen LogP contribution in [0.15, 0.2) is 85.1 Å². The number of methoxy groups -OCH3 is 2. The van der Waals surface area contributed by atoms with Gasteiger partial charge in [0.15, 0.2) is 0 Å². The number of allylic oxidation sites excluding steroid dienone is 2. The van der Waals surface area contributed by atoms with E-state index in [1.165, 1.54) is 11.1 Å². The zero-order valence-corrected chi connectivity index (χ0v) is 19.0. The first-order chi connectivity index (χ1) is 15.7. The summed E-state index contributed by atoms with van der Waals surface area (Å²) in [6, 6.07) is 25.2. The zero-order valence-electron chi connectivity index (χ0n) is 19.0. The molecule has 1 aliphatic rings. The van der Waals surface area contributed by atoms with Crippen LogP contribution in [0, 0.1) is 6.92 Å². The summed E-state index contributed by atoms with van der Waals surface area (Å²) in [7, 11) is 3.38. The second kappa shape index (κ2) is 10.1. The largest absolute Gasteiger partial charge is 0.497 e. The summed E-state index contributed by atoms with van der Waals surface area (Å²) >= 11 is 0. The van der Waals surface area contributed by atoms with Gasteiger partial charge in [-0.05, 0) is 73.4 Å². The van der Waals surface area contributed by atoms with E-state index in [2.05, 4.69) is 78.2 Å². The minimum Gasteiger partial charge on any atom is -0.497 e. The van der Waals surface area contributed by atoms with Gasteiger partial charge in [0.1, 0.15) is 11.5 Å². The van der Waals surface area contributed by atoms with Crippen LogP contribution in [0.4, 0.5) is 0 Å². The molecule has 1 N–H and O–H groups in total. The van der Waals surface area contributed by atoms with E-state index in [9.17, 15) is 0 Å². The standard InChI is InChI=1S/C28H30N2O2/c1-21-6-8-22(9-7-21)5-4-19-30-20-18-27(23-10-14-25(31-2)15-11-23)28(29-30)24-12-16-26(32-3)17-13-24/h6-18,20,29H,4-5,19H2,1-3H3. The number of nitrogens with zero attached hydrogens (tertiary/aromatic N) is 1. The van der Waals surface area contributed by atoms with E-state index < -0.39 is 0 Å². The lowest BCUT2D eigenvalue weighted by atomic mass is 9.98. The van der Waals surface area contributed by atoms with Crippen LogP contribution in [0.1, 0.15) is 28.7 Å². The van der Waals surface area contributed by atoms with Crippen LogP contribution in [0.5, 0.6) is 11.5 Å². The quantitative estimate of drug-likeness (QED) is 0.490. The van der Waals surface area contributed by atoms with Crippen LogP contribution in [-0.4, -0.2) is 25.8 Å². The zero-order chi connectivity index (χ0) is 22.3. The van der Waals surface area contributed by atoms with Gasteiger partial charge in [0.05, 0.1) is 19.9 Å². The SMILES string of the molecule is COc1ccc(C2=C(c3ccc(OC)cc3)NN(CCCc3ccc(C)cc3)C=C2)cc1. The molecule has 0 saturated heterocycles. The Hall–Kier alpha value is -3.66. The van der Waals surface area contributed by atoms with Crippen LogP contribution in [0.25, 0.3) is 11.3 Å². The summed E-state index contributed by atoms with van der Waals surface area (Å²) in [5, 5.41) is 2.17. The van der Waals surface area contributed by atoms with Crippen molar-refractivity contribution in [3.8, 4) is 11.5 Å². The number of nitrogens with one attached hydrogen (secondary N) is 1. The highest BCUT2D eigenvalue weighted by Crippen LogP contribution is 2.31. The average Bonchev–Trinajstić information content (AvgIpc) is 2.85. The predicted octanol–water partition coefficient (Wildman–Crippen LogP) is 5.85. The first-order valence-corrected chi connectivity index (χ1v) is 11.0. The van der Waals surface area contributed by atoms with Gasteiger partial charge in [-0.2, -0.15) is 0 Å². The van der Waals surface area contributed by atoms with Gasteiger partial charge in [0.25, 0.3) is 0 Å². The van der Waals surface area contributed by atoms with Gasteiger partial charge in [-0.1, -0.05) is 42.0 Å². The third kappa shape index (κ3) is 5.14. The molecule has 0 radical (unpaired) electrons. The molecule has 0 amide bonds. The van der Waals surface area contributed by atoms with E-state index in [0.29, 0.717) is 0 Å². The van der Waals surface area contributed by atoms with Gasteiger partial charge in [0.2, 0.25) is 0 Å². The monoisotopic (exact) mass is 426 g/mol. The fraction of sp³-hybridized carbons (Fsp3) is 0.214. The van der Waals surface area contributed by atoms with Gasteiger partial charge in [-0.3, -0.25) is 10.4 Å². The van der Waals surface area contributed by atoms with Gasteiger partial charge in [-0.25, -0.2) is 0 Å². The molecule has 0 atom stereocenters. The van der Waals surface area contributed by atoms with Crippen LogP contribution in [0.2, 0.25) is 0 Å². The minimum atomic E-state index is 0.849. The Morgan fingerprint density at radius 2 is 1.34 bits per heavy atom. The second-order valence-corrected chi connectivity index (χ2v) is 7.96. The normalized spacial score (nSPS) is 13.2.